The zero-order valence-electron chi connectivity index (χ0n) is 11.3. The molecule has 0 aliphatic carbocycles. The first-order valence-electron chi connectivity index (χ1n) is 6.37. The summed E-state index contributed by atoms with van der Waals surface area (Å²) in [4.78, 5) is 2.78. The Morgan fingerprint density at radius 3 is 2.56 bits per heavy atom. The molecule has 1 aliphatic rings. The number of likely N-dealkylation sites (tertiary alicyclic amines) is 1. The maximum atomic E-state index is 11.5. The highest BCUT2D eigenvalue weighted by atomic mass is 32.2. The average molecular weight is 267 g/mol. The highest BCUT2D eigenvalue weighted by molar-refractivity contribution is 7.90. The minimum Gasteiger partial charge on any atom is -0.298 e. The molecule has 100 valence electrons. The van der Waals surface area contributed by atoms with Crippen LogP contribution in [0.3, 0.4) is 0 Å². The number of hydrogen-bond acceptors (Lipinski definition) is 3. The van der Waals surface area contributed by atoms with E-state index >= 15 is 0 Å². The molecule has 1 saturated heterocycles. The van der Waals surface area contributed by atoms with Crippen LogP contribution in [0.25, 0.3) is 0 Å². The quantitative estimate of drug-likeness (QED) is 0.839. The van der Waals surface area contributed by atoms with Crippen molar-refractivity contribution in [1.29, 1.82) is 0 Å². The lowest BCUT2D eigenvalue weighted by molar-refractivity contribution is 0.0614. The van der Waals surface area contributed by atoms with Crippen molar-refractivity contribution in [3.8, 4) is 0 Å². The van der Waals surface area contributed by atoms with E-state index in [1.807, 2.05) is 12.1 Å². The van der Waals surface area contributed by atoms with Crippen LogP contribution in [0.4, 0.5) is 0 Å². The Morgan fingerprint density at radius 2 is 2.00 bits per heavy atom. The summed E-state index contributed by atoms with van der Waals surface area (Å²) in [7, 11) is -3.09. The zero-order chi connectivity index (χ0) is 13.3. The Kier molecular flexibility index (Phi) is 3.78. The van der Waals surface area contributed by atoms with Crippen molar-refractivity contribution in [3.05, 3.63) is 29.8 Å². The summed E-state index contributed by atoms with van der Waals surface area (Å²) in [6.45, 7) is 7.62. The van der Waals surface area contributed by atoms with Crippen molar-refractivity contribution < 1.29 is 8.42 Å². The average Bonchev–Trinajstić information content (AvgIpc) is 2.21. The Morgan fingerprint density at radius 1 is 1.33 bits per heavy atom. The molecule has 0 saturated carbocycles. The summed E-state index contributed by atoms with van der Waals surface area (Å²) < 4.78 is 23.0. The van der Waals surface area contributed by atoms with Crippen LogP contribution in [0.2, 0.25) is 0 Å². The van der Waals surface area contributed by atoms with Gasteiger partial charge in [-0.2, -0.15) is 0 Å². The van der Waals surface area contributed by atoms with Crippen molar-refractivity contribution >= 4 is 9.84 Å². The van der Waals surface area contributed by atoms with Gasteiger partial charge in [0.2, 0.25) is 0 Å². The molecule has 0 aromatic heterocycles. The highest BCUT2D eigenvalue weighted by Gasteiger charge is 2.28. The van der Waals surface area contributed by atoms with Gasteiger partial charge in [-0.15, -0.1) is 0 Å². The number of nitrogens with zero attached hydrogens (tertiary/aromatic N) is 1. The molecule has 1 aromatic rings. The normalized spacial score (nSPS) is 18.0. The summed E-state index contributed by atoms with van der Waals surface area (Å²) in [5.74, 6) is 1.53. The standard InChI is InChI=1S/C14H21NO2S/c1-11(2)13-9-15(10-13)8-12-5-4-6-14(7-12)18(3,16)17/h4-7,11,13H,8-10H2,1-3H3. The minimum absolute atomic E-state index is 0.418. The Balaban J connectivity index is 2.00. The van der Waals surface area contributed by atoms with Crippen LogP contribution in [0.1, 0.15) is 19.4 Å². The summed E-state index contributed by atoms with van der Waals surface area (Å²) >= 11 is 0. The van der Waals surface area contributed by atoms with Gasteiger partial charge in [-0.05, 0) is 29.5 Å². The van der Waals surface area contributed by atoms with E-state index < -0.39 is 9.84 Å². The molecule has 0 amide bonds. The van der Waals surface area contributed by atoms with E-state index in [9.17, 15) is 8.42 Å². The fourth-order valence-electron chi connectivity index (χ4n) is 2.29. The van der Waals surface area contributed by atoms with E-state index in [0.717, 1.165) is 37.0 Å². The molecule has 1 heterocycles. The number of rotatable bonds is 4. The van der Waals surface area contributed by atoms with E-state index in [-0.39, 0.29) is 0 Å². The molecule has 3 nitrogen and oxygen atoms in total. The summed E-state index contributed by atoms with van der Waals surface area (Å²) in [5, 5.41) is 0. The lowest BCUT2D eigenvalue weighted by atomic mass is 9.88. The molecule has 1 aliphatic heterocycles. The fourth-order valence-corrected chi connectivity index (χ4v) is 2.98. The zero-order valence-corrected chi connectivity index (χ0v) is 12.1. The predicted octanol–water partition coefficient (Wildman–Crippen LogP) is 2.18. The van der Waals surface area contributed by atoms with Crippen molar-refractivity contribution in [1.82, 2.24) is 4.90 Å². The van der Waals surface area contributed by atoms with Crippen LogP contribution >= 0.6 is 0 Å². The van der Waals surface area contributed by atoms with Crippen molar-refractivity contribution in [2.75, 3.05) is 19.3 Å². The van der Waals surface area contributed by atoms with Crippen LogP contribution in [0.5, 0.6) is 0 Å². The molecular formula is C14H21NO2S. The Hall–Kier alpha value is -0.870. The second kappa shape index (κ2) is 5.02. The molecule has 0 N–H and O–H groups in total. The second-order valence-electron chi connectivity index (χ2n) is 5.62. The lowest BCUT2D eigenvalue weighted by Crippen LogP contribution is -2.48. The molecule has 0 atom stereocenters. The van der Waals surface area contributed by atoms with Crippen molar-refractivity contribution in [2.24, 2.45) is 11.8 Å². The topological polar surface area (TPSA) is 37.4 Å². The van der Waals surface area contributed by atoms with E-state index in [4.69, 9.17) is 0 Å². The molecule has 2 rings (SSSR count). The van der Waals surface area contributed by atoms with Gasteiger partial charge in [-0.3, -0.25) is 4.90 Å². The maximum Gasteiger partial charge on any atom is 0.175 e. The van der Waals surface area contributed by atoms with Gasteiger partial charge in [0.25, 0.3) is 0 Å². The van der Waals surface area contributed by atoms with Gasteiger partial charge in [0.15, 0.2) is 9.84 Å². The molecule has 18 heavy (non-hydrogen) atoms. The van der Waals surface area contributed by atoms with Crippen LogP contribution in [-0.2, 0) is 16.4 Å². The number of hydrogen-bond donors (Lipinski definition) is 0. The molecule has 1 fully saturated rings. The van der Waals surface area contributed by atoms with Crippen LogP contribution < -0.4 is 0 Å². The van der Waals surface area contributed by atoms with Gasteiger partial charge in [0, 0.05) is 25.9 Å². The second-order valence-corrected chi connectivity index (χ2v) is 7.63. The highest BCUT2D eigenvalue weighted by Crippen LogP contribution is 2.25. The summed E-state index contributed by atoms with van der Waals surface area (Å²) in [5.41, 5.74) is 1.08. The molecule has 4 heteroatoms. The summed E-state index contributed by atoms with van der Waals surface area (Å²) in [6.07, 6.45) is 1.25. The van der Waals surface area contributed by atoms with Gasteiger partial charge in [0.1, 0.15) is 0 Å². The van der Waals surface area contributed by atoms with Gasteiger partial charge in [-0.1, -0.05) is 26.0 Å². The molecule has 0 bridgehead atoms. The molecule has 0 unspecified atom stereocenters. The minimum atomic E-state index is -3.09. The van der Waals surface area contributed by atoms with Gasteiger partial charge >= 0.3 is 0 Å². The largest absolute Gasteiger partial charge is 0.298 e. The monoisotopic (exact) mass is 267 g/mol. The van der Waals surface area contributed by atoms with Crippen LogP contribution in [0, 0.1) is 11.8 Å². The van der Waals surface area contributed by atoms with Crippen LogP contribution in [0.15, 0.2) is 29.2 Å². The first-order valence-corrected chi connectivity index (χ1v) is 8.27. The molecule has 1 aromatic carbocycles. The third-order valence-corrected chi connectivity index (χ3v) is 4.77. The maximum absolute atomic E-state index is 11.5. The molecular weight excluding hydrogens is 246 g/mol. The third-order valence-electron chi connectivity index (χ3n) is 3.66. The predicted molar refractivity (Wildman–Crippen MR) is 73.2 cm³/mol. The smallest absolute Gasteiger partial charge is 0.175 e. The number of benzene rings is 1. The van der Waals surface area contributed by atoms with Crippen molar-refractivity contribution in [2.45, 2.75) is 25.3 Å². The fraction of sp³-hybridized carbons (Fsp3) is 0.571. The Labute approximate surface area is 110 Å². The number of sulfone groups is 1. The van der Waals surface area contributed by atoms with Gasteiger partial charge in [-0.25, -0.2) is 8.42 Å². The van der Waals surface area contributed by atoms with E-state index in [2.05, 4.69) is 18.7 Å². The third kappa shape index (κ3) is 3.12. The van der Waals surface area contributed by atoms with Crippen molar-refractivity contribution in [3.63, 3.8) is 0 Å². The van der Waals surface area contributed by atoms with Gasteiger partial charge < -0.3 is 0 Å². The first kappa shape index (κ1) is 13.6. The summed E-state index contributed by atoms with van der Waals surface area (Å²) in [6, 6.07) is 7.27. The van der Waals surface area contributed by atoms with E-state index in [0.29, 0.717) is 4.90 Å². The van der Waals surface area contributed by atoms with E-state index in [1.165, 1.54) is 6.26 Å². The lowest BCUT2D eigenvalue weighted by Gasteiger charge is -2.41. The van der Waals surface area contributed by atoms with Crippen LogP contribution in [-0.4, -0.2) is 32.7 Å². The first-order chi connectivity index (χ1) is 8.36. The molecule has 0 spiro atoms. The SMILES string of the molecule is CC(C)C1CN(Cc2cccc(S(C)(=O)=O)c2)C1. The Bertz CT molecular complexity index is 516. The molecule has 0 radical (unpaired) electrons. The van der Waals surface area contributed by atoms with Gasteiger partial charge in [0.05, 0.1) is 4.90 Å². The van der Waals surface area contributed by atoms with E-state index in [1.54, 1.807) is 12.1 Å².